The molecule has 4 unspecified atom stereocenters. The van der Waals surface area contributed by atoms with Gasteiger partial charge in [-0.2, -0.15) is 0 Å². The molecule has 1 aromatic carbocycles. The molecule has 1 aromatic rings. The first-order valence-corrected chi connectivity index (χ1v) is 10.3. The van der Waals surface area contributed by atoms with Crippen molar-refractivity contribution in [3.8, 4) is 0 Å². The lowest BCUT2D eigenvalue weighted by Gasteiger charge is -2.37. The third kappa shape index (κ3) is 3.62. The van der Waals surface area contributed by atoms with E-state index in [1.54, 1.807) is 0 Å². The Kier molecular flexibility index (Phi) is 5.12. The van der Waals surface area contributed by atoms with Gasteiger partial charge in [0.25, 0.3) is 0 Å². The van der Waals surface area contributed by atoms with Gasteiger partial charge in [-0.25, -0.2) is 0 Å². The molecule has 3 aliphatic rings. The zero-order chi connectivity index (χ0) is 17.1. The van der Waals surface area contributed by atoms with E-state index in [0.717, 1.165) is 50.7 Å². The molecule has 4 atom stereocenters. The molecular weight excluding hydrogens is 308 g/mol. The molecule has 0 spiro atoms. The predicted molar refractivity (Wildman–Crippen MR) is 101 cm³/mol. The second kappa shape index (κ2) is 7.49. The van der Waals surface area contributed by atoms with E-state index in [2.05, 4.69) is 41.0 Å². The van der Waals surface area contributed by atoms with Crippen LogP contribution in [-0.4, -0.2) is 25.5 Å². The number of carbonyl (C=O) groups excluding carboxylic acids is 1. The molecule has 4 rings (SSSR count). The van der Waals surface area contributed by atoms with Gasteiger partial charge in [0.2, 0.25) is 5.91 Å². The fraction of sp³-hybridized carbons (Fsp3) is 0.682. The van der Waals surface area contributed by atoms with E-state index >= 15 is 0 Å². The zero-order valence-electron chi connectivity index (χ0n) is 15.3. The fourth-order valence-electron chi connectivity index (χ4n) is 5.72. The minimum atomic E-state index is -0.144. The molecule has 2 saturated carbocycles. The minimum Gasteiger partial charge on any atom is -0.356 e. The number of hydrogen-bond acceptors (Lipinski definition) is 2. The van der Waals surface area contributed by atoms with Gasteiger partial charge >= 0.3 is 0 Å². The number of piperidine rings is 1. The molecule has 3 nitrogen and oxygen atoms in total. The van der Waals surface area contributed by atoms with Crippen LogP contribution < -0.4 is 10.6 Å². The summed E-state index contributed by atoms with van der Waals surface area (Å²) in [5.41, 5.74) is 1.18. The molecule has 0 aromatic heterocycles. The Bertz CT molecular complexity index is 581. The maximum atomic E-state index is 13.3. The van der Waals surface area contributed by atoms with Crippen molar-refractivity contribution in [2.75, 3.05) is 19.6 Å². The van der Waals surface area contributed by atoms with Crippen molar-refractivity contribution in [1.82, 2.24) is 10.6 Å². The molecular formula is C22H32N2O. The predicted octanol–water partition coefficient (Wildman–Crippen LogP) is 3.54. The Labute approximate surface area is 152 Å². The lowest BCUT2D eigenvalue weighted by atomic mass is 9.68. The molecule has 136 valence electrons. The second-order valence-electron chi connectivity index (χ2n) is 8.66. The van der Waals surface area contributed by atoms with Crippen molar-refractivity contribution in [1.29, 1.82) is 0 Å². The van der Waals surface area contributed by atoms with Crippen LogP contribution in [-0.2, 0) is 11.2 Å². The van der Waals surface area contributed by atoms with Crippen LogP contribution >= 0.6 is 0 Å². The Balaban J connectivity index is 1.40. The number of carbonyl (C=O) groups is 1. The van der Waals surface area contributed by atoms with Crippen molar-refractivity contribution in [3.05, 3.63) is 35.9 Å². The van der Waals surface area contributed by atoms with E-state index in [9.17, 15) is 4.79 Å². The molecule has 1 amide bonds. The van der Waals surface area contributed by atoms with Gasteiger partial charge in [-0.3, -0.25) is 4.79 Å². The standard InChI is InChI=1S/C22H32N2O/c25-21(24-12-10-18-7-4-11-23-16-18)22(14-17-5-2-1-3-6-17)15-19-8-9-20(22)13-19/h1-3,5-6,18-20,23H,4,7-16H2,(H,24,25). The maximum Gasteiger partial charge on any atom is 0.226 e. The SMILES string of the molecule is O=C(NCCC1CCCNC1)C1(Cc2ccccc2)CC2CCC1C2. The summed E-state index contributed by atoms with van der Waals surface area (Å²) in [5, 5.41) is 6.83. The van der Waals surface area contributed by atoms with Crippen molar-refractivity contribution in [3.63, 3.8) is 0 Å². The first-order valence-electron chi connectivity index (χ1n) is 10.3. The van der Waals surface area contributed by atoms with Gasteiger partial charge < -0.3 is 10.6 Å². The van der Waals surface area contributed by atoms with Crippen LogP contribution in [0.4, 0.5) is 0 Å². The summed E-state index contributed by atoms with van der Waals surface area (Å²) in [6, 6.07) is 10.6. The quantitative estimate of drug-likeness (QED) is 0.831. The third-order valence-corrected chi connectivity index (χ3v) is 7.03. The van der Waals surface area contributed by atoms with Crippen molar-refractivity contribution in [2.45, 2.75) is 51.4 Å². The van der Waals surface area contributed by atoms with E-state index in [0.29, 0.717) is 11.8 Å². The smallest absolute Gasteiger partial charge is 0.226 e. The van der Waals surface area contributed by atoms with Crippen LogP contribution in [0.25, 0.3) is 0 Å². The number of benzene rings is 1. The molecule has 25 heavy (non-hydrogen) atoms. The van der Waals surface area contributed by atoms with Crippen LogP contribution in [0.3, 0.4) is 0 Å². The van der Waals surface area contributed by atoms with E-state index in [-0.39, 0.29) is 5.41 Å². The van der Waals surface area contributed by atoms with Gasteiger partial charge in [-0.15, -0.1) is 0 Å². The Morgan fingerprint density at radius 3 is 2.76 bits per heavy atom. The van der Waals surface area contributed by atoms with Gasteiger partial charge in [0.1, 0.15) is 0 Å². The number of hydrogen-bond donors (Lipinski definition) is 2. The van der Waals surface area contributed by atoms with Crippen LogP contribution in [0.2, 0.25) is 0 Å². The number of amides is 1. The first-order chi connectivity index (χ1) is 12.3. The molecule has 2 N–H and O–H groups in total. The Morgan fingerprint density at radius 2 is 2.08 bits per heavy atom. The highest BCUT2D eigenvalue weighted by Crippen LogP contribution is 2.57. The lowest BCUT2D eigenvalue weighted by molar-refractivity contribution is -0.134. The number of rotatable bonds is 6. The largest absolute Gasteiger partial charge is 0.356 e. The Morgan fingerprint density at radius 1 is 1.20 bits per heavy atom. The van der Waals surface area contributed by atoms with Gasteiger partial charge in [-0.05, 0) is 81.4 Å². The van der Waals surface area contributed by atoms with Crippen LogP contribution in [0.1, 0.15) is 50.5 Å². The van der Waals surface area contributed by atoms with Crippen molar-refractivity contribution in [2.24, 2.45) is 23.2 Å². The van der Waals surface area contributed by atoms with Crippen molar-refractivity contribution < 1.29 is 4.79 Å². The maximum absolute atomic E-state index is 13.3. The molecule has 1 saturated heterocycles. The summed E-state index contributed by atoms with van der Waals surface area (Å²) >= 11 is 0. The zero-order valence-corrected chi connectivity index (χ0v) is 15.3. The molecule has 2 aliphatic carbocycles. The van der Waals surface area contributed by atoms with Gasteiger partial charge in [0.05, 0.1) is 5.41 Å². The van der Waals surface area contributed by atoms with E-state index < -0.39 is 0 Å². The van der Waals surface area contributed by atoms with Crippen LogP contribution in [0, 0.1) is 23.2 Å². The normalized spacial score (nSPS) is 34.2. The van der Waals surface area contributed by atoms with Crippen LogP contribution in [0.15, 0.2) is 30.3 Å². The number of nitrogens with one attached hydrogen (secondary N) is 2. The molecule has 3 heteroatoms. The lowest BCUT2D eigenvalue weighted by Crippen LogP contribution is -2.46. The second-order valence-corrected chi connectivity index (χ2v) is 8.66. The monoisotopic (exact) mass is 340 g/mol. The highest BCUT2D eigenvalue weighted by Gasteiger charge is 2.55. The minimum absolute atomic E-state index is 0.144. The highest BCUT2D eigenvalue weighted by atomic mass is 16.2. The van der Waals surface area contributed by atoms with E-state index in [1.807, 2.05) is 0 Å². The summed E-state index contributed by atoms with van der Waals surface area (Å²) in [6.07, 6.45) is 9.58. The molecule has 2 bridgehead atoms. The van der Waals surface area contributed by atoms with Crippen LogP contribution in [0.5, 0.6) is 0 Å². The Hall–Kier alpha value is -1.35. The van der Waals surface area contributed by atoms with Gasteiger partial charge in [-0.1, -0.05) is 36.8 Å². The molecule has 1 heterocycles. The number of fused-ring (bicyclic) bond motifs is 2. The highest BCUT2D eigenvalue weighted by molar-refractivity contribution is 5.84. The van der Waals surface area contributed by atoms with Gasteiger partial charge in [0, 0.05) is 6.54 Å². The van der Waals surface area contributed by atoms with E-state index in [4.69, 9.17) is 0 Å². The summed E-state index contributed by atoms with van der Waals surface area (Å²) in [6.45, 7) is 3.13. The average molecular weight is 341 g/mol. The molecule has 3 fully saturated rings. The third-order valence-electron chi connectivity index (χ3n) is 7.03. The summed E-state index contributed by atoms with van der Waals surface area (Å²) in [4.78, 5) is 13.3. The van der Waals surface area contributed by atoms with Crippen molar-refractivity contribution >= 4 is 5.91 Å². The summed E-state index contributed by atoms with van der Waals surface area (Å²) in [7, 11) is 0. The topological polar surface area (TPSA) is 41.1 Å². The molecule has 0 radical (unpaired) electrons. The fourth-order valence-corrected chi connectivity index (χ4v) is 5.72. The average Bonchev–Trinajstić information content (AvgIpc) is 3.25. The first kappa shape index (κ1) is 17.1. The van der Waals surface area contributed by atoms with Gasteiger partial charge in [0.15, 0.2) is 0 Å². The van der Waals surface area contributed by atoms with E-state index in [1.165, 1.54) is 37.7 Å². The summed E-state index contributed by atoms with van der Waals surface area (Å²) in [5.74, 6) is 2.45. The summed E-state index contributed by atoms with van der Waals surface area (Å²) < 4.78 is 0. The molecule has 1 aliphatic heterocycles.